The molecule has 1 aromatic carbocycles. The number of piperidine rings is 1. The molecule has 1 aliphatic heterocycles. The van der Waals surface area contributed by atoms with E-state index in [1.54, 1.807) is 6.07 Å². The number of ether oxygens (including phenoxy) is 1. The van der Waals surface area contributed by atoms with Gasteiger partial charge in [0.05, 0.1) is 18.7 Å². The molecular weight excluding hydrogens is 369 g/mol. The molecule has 0 aliphatic carbocycles. The van der Waals surface area contributed by atoms with E-state index in [1.165, 1.54) is 36.3 Å². The predicted molar refractivity (Wildman–Crippen MR) is 97.4 cm³/mol. The largest absolute Gasteiger partial charge is 0.497 e. The summed E-state index contributed by atoms with van der Waals surface area (Å²) in [5, 5.41) is 13.3. The highest BCUT2D eigenvalue weighted by Gasteiger charge is 2.28. The van der Waals surface area contributed by atoms with Crippen LogP contribution in [0.1, 0.15) is 12.8 Å². The minimum atomic E-state index is -0.940. The molecule has 9 heteroatoms. The summed E-state index contributed by atoms with van der Waals surface area (Å²) in [5.41, 5.74) is -0.127. The summed E-state index contributed by atoms with van der Waals surface area (Å²) in [4.78, 5) is 37.2. The molecule has 8 nitrogen and oxygen atoms in total. The first-order valence-corrected chi connectivity index (χ1v) is 8.81. The number of carbonyl (C=O) groups is 2. The molecule has 1 unspecified atom stereocenters. The van der Waals surface area contributed by atoms with Crippen molar-refractivity contribution in [3.05, 3.63) is 46.5 Å². The monoisotopic (exact) mass is 389 g/mol. The van der Waals surface area contributed by atoms with Crippen molar-refractivity contribution in [3.63, 3.8) is 0 Å². The Kier molecular flexibility index (Phi) is 5.72. The zero-order valence-corrected chi connectivity index (χ0v) is 15.3. The highest BCUT2D eigenvalue weighted by molar-refractivity contribution is 5.77. The second-order valence-electron chi connectivity index (χ2n) is 6.58. The number of aliphatic carboxylic acids is 1. The Hall–Kier alpha value is -3.23. The van der Waals surface area contributed by atoms with Crippen molar-refractivity contribution in [1.82, 2.24) is 14.7 Å². The molecule has 1 N–H and O–H groups in total. The van der Waals surface area contributed by atoms with Gasteiger partial charge in [-0.25, -0.2) is 9.07 Å². The lowest BCUT2D eigenvalue weighted by atomic mass is 9.98. The maximum Gasteiger partial charge on any atom is 0.308 e. The van der Waals surface area contributed by atoms with E-state index in [9.17, 15) is 18.8 Å². The summed E-state index contributed by atoms with van der Waals surface area (Å²) in [6.45, 7) is 0.205. The van der Waals surface area contributed by atoms with Crippen LogP contribution in [-0.4, -0.2) is 51.9 Å². The van der Waals surface area contributed by atoms with Crippen molar-refractivity contribution >= 4 is 11.9 Å². The van der Waals surface area contributed by atoms with Gasteiger partial charge in [0.25, 0.3) is 5.56 Å². The molecule has 1 aliphatic rings. The number of benzene rings is 1. The fourth-order valence-electron chi connectivity index (χ4n) is 3.17. The third-order valence-corrected chi connectivity index (χ3v) is 4.73. The molecule has 0 bridgehead atoms. The number of hydrogen-bond acceptors (Lipinski definition) is 5. The van der Waals surface area contributed by atoms with Gasteiger partial charge in [0.2, 0.25) is 5.91 Å². The molecule has 1 fully saturated rings. The van der Waals surface area contributed by atoms with E-state index in [-0.39, 0.29) is 24.3 Å². The third-order valence-electron chi connectivity index (χ3n) is 4.73. The van der Waals surface area contributed by atoms with Crippen LogP contribution in [0.15, 0.2) is 35.1 Å². The van der Waals surface area contributed by atoms with Gasteiger partial charge in [-0.2, -0.15) is 5.10 Å². The third kappa shape index (κ3) is 4.19. The van der Waals surface area contributed by atoms with E-state index in [0.717, 1.165) is 4.68 Å². The molecular formula is C19H20FN3O5. The lowest BCUT2D eigenvalue weighted by Gasteiger charge is -2.30. The second-order valence-corrected chi connectivity index (χ2v) is 6.58. The number of aromatic nitrogens is 2. The Labute approximate surface area is 160 Å². The minimum absolute atomic E-state index is 0.107. The number of carboxylic acid groups (broad SMARTS) is 1. The number of nitrogens with zero attached hydrogens (tertiary/aromatic N) is 3. The molecule has 0 spiro atoms. The number of carboxylic acids is 1. The number of hydrogen-bond donors (Lipinski definition) is 1. The highest BCUT2D eigenvalue weighted by Crippen LogP contribution is 2.24. The van der Waals surface area contributed by atoms with E-state index in [4.69, 9.17) is 9.84 Å². The average molecular weight is 389 g/mol. The second kappa shape index (κ2) is 8.20. The maximum atomic E-state index is 14.3. The van der Waals surface area contributed by atoms with Crippen LogP contribution in [0, 0.1) is 11.7 Å². The molecule has 28 heavy (non-hydrogen) atoms. The minimum Gasteiger partial charge on any atom is -0.497 e. The molecule has 1 saturated heterocycles. The van der Waals surface area contributed by atoms with Gasteiger partial charge in [-0.3, -0.25) is 14.4 Å². The topological polar surface area (TPSA) is 102 Å². The first-order chi connectivity index (χ1) is 13.4. The fraction of sp³-hybridized carbons (Fsp3) is 0.368. The summed E-state index contributed by atoms with van der Waals surface area (Å²) in [5.74, 6) is -2.16. The van der Waals surface area contributed by atoms with Gasteiger partial charge in [0.1, 0.15) is 18.1 Å². The van der Waals surface area contributed by atoms with Crippen molar-refractivity contribution in [3.8, 4) is 17.0 Å². The van der Waals surface area contributed by atoms with E-state index < -0.39 is 29.2 Å². The number of halogens is 1. The number of likely N-dealkylation sites (tertiary alicyclic amines) is 1. The van der Waals surface area contributed by atoms with Crippen molar-refractivity contribution in [2.45, 2.75) is 19.4 Å². The van der Waals surface area contributed by atoms with Crippen LogP contribution in [0.4, 0.5) is 4.39 Å². The number of methoxy groups -OCH3 is 1. The Morgan fingerprint density at radius 3 is 2.79 bits per heavy atom. The van der Waals surface area contributed by atoms with Crippen molar-refractivity contribution < 1.29 is 23.8 Å². The van der Waals surface area contributed by atoms with Crippen molar-refractivity contribution in [2.24, 2.45) is 5.92 Å². The van der Waals surface area contributed by atoms with Gasteiger partial charge in [-0.1, -0.05) is 0 Å². The Balaban J connectivity index is 1.81. The van der Waals surface area contributed by atoms with E-state index in [0.29, 0.717) is 25.1 Å². The number of amides is 1. The van der Waals surface area contributed by atoms with Crippen molar-refractivity contribution in [2.75, 3.05) is 20.2 Å². The lowest BCUT2D eigenvalue weighted by Crippen LogP contribution is -2.44. The van der Waals surface area contributed by atoms with Crippen LogP contribution in [0.25, 0.3) is 11.3 Å². The van der Waals surface area contributed by atoms with Crippen LogP contribution in [0.5, 0.6) is 5.75 Å². The van der Waals surface area contributed by atoms with Gasteiger partial charge in [-0.05, 0) is 31.0 Å². The van der Waals surface area contributed by atoms with Gasteiger partial charge in [-0.15, -0.1) is 0 Å². The molecule has 2 heterocycles. The summed E-state index contributed by atoms with van der Waals surface area (Å²) in [6, 6.07) is 6.86. The SMILES string of the molecule is COc1ccc(-c2ccc(=O)n(CC(=O)N3CCCC(C(=O)O)C3)n2)c(F)c1. The van der Waals surface area contributed by atoms with E-state index >= 15 is 0 Å². The molecule has 1 aromatic heterocycles. The highest BCUT2D eigenvalue weighted by atomic mass is 19.1. The first kappa shape index (κ1) is 19.5. The molecule has 0 radical (unpaired) electrons. The zero-order chi connectivity index (χ0) is 20.3. The van der Waals surface area contributed by atoms with Gasteiger partial charge >= 0.3 is 5.97 Å². The molecule has 1 atom stereocenters. The average Bonchev–Trinajstić information content (AvgIpc) is 2.69. The number of rotatable bonds is 5. The molecule has 2 aromatic rings. The summed E-state index contributed by atoms with van der Waals surface area (Å²) in [6.07, 6.45) is 1.10. The Morgan fingerprint density at radius 1 is 1.32 bits per heavy atom. The fourth-order valence-corrected chi connectivity index (χ4v) is 3.17. The molecule has 148 valence electrons. The Bertz CT molecular complexity index is 959. The first-order valence-electron chi connectivity index (χ1n) is 8.81. The molecule has 0 saturated carbocycles. The predicted octanol–water partition coefficient (Wildman–Crippen LogP) is 1.38. The normalized spacial score (nSPS) is 16.6. The summed E-state index contributed by atoms with van der Waals surface area (Å²) in [7, 11) is 1.42. The van der Waals surface area contributed by atoms with Crippen LogP contribution < -0.4 is 10.3 Å². The maximum absolute atomic E-state index is 14.3. The van der Waals surface area contributed by atoms with E-state index in [1.807, 2.05) is 0 Å². The van der Waals surface area contributed by atoms with E-state index in [2.05, 4.69) is 5.10 Å². The van der Waals surface area contributed by atoms with Crippen LogP contribution >= 0.6 is 0 Å². The van der Waals surface area contributed by atoms with Gasteiger partial charge in [0, 0.05) is 30.8 Å². The van der Waals surface area contributed by atoms with Gasteiger partial charge in [0.15, 0.2) is 0 Å². The molecule has 3 rings (SSSR count). The quantitative estimate of drug-likeness (QED) is 0.829. The summed E-state index contributed by atoms with van der Waals surface area (Å²) < 4.78 is 20.2. The summed E-state index contributed by atoms with van der Waals surface area (Å²) >= 11 is 0. The zero-order valence-electron chi connectivity index (χ0n) is 15.3. The molecule has 1 amide bonds. The Morgan fingerprint density at radius 2 is 2.11 bits per heavy atom. The van der Waals surface area contributed by atoms with Crippen LogP contribution in [0.2, 0.25) is 0 Å². The smallest absolute Gasteiger partial charge is 0.308 e. The lowest BCUT2D eigenvalue weighted by molar-refractivity contribution is -0.145. The van der Waals surface area contributed by atoms with Crippen LogP contribution in [-0.2, 0) is 16.1 Å². The standard InChI is InChI=1S/C19H20FN3O5/c1-28-13-4-5-14(15(20)9-13)16-6-7-17(24)23(21-16)11-18(25)22-8-2-3-12(10-22)19(26)27/h4-7,9,12H,2-3,8,10-11H2,1H3,(H,26,27). The van der Waals surface area contributed by atoms with Gasteiger partial charge < -0.3 is 14.7 Å². The van der Waals surface area contributed by atoms with Crippen molar-refractivity contribution in [1.29, 1.82) is 0 Å². The van der Waals surface area contributed by atoms with Crippen LogP contribution in [0.3, 0.4) is 0 Å². The number of carbonyl (C=O) groups excluding carboxylic acids is 1.